The van der Waals surface area contributed by atoms with Crippen LogP contribution in [0.3, 0.4) is 0 Å². The number of hydrogen-bond donors (Lipinski definition) is 1. The smallest absolute Gasteiger partial charge is 0.0218 e. The molecule has 0 bridgehead atoms. The van der Waals surface area contributed by atoms with Gasteiger partial charge in [-0.2, -0.15) is 0 Å². The minimum absolute atomic E-state index is 0.641. The number of likely N-dealkylation sites (tertiary alicyclic amines) is 2. The van der Waals surface area contributed by atoms with Crippen LogP contribution in [0.5, 0.6) is 0 Å². The van der Waals surface area contributed by atoms with Gasteiger partial charge in [-0.3, -0.25) is 4.90 Å². The number of rotatable bonds is 6. The molecule has 106 valence electrons. The van der Waals surface area contributed by atoms with Crippen LogP contribution in [-0.2, 0) is 0 Å². The molecule has 1 unspecified atom stereocenters. The zero-order chi connectivity index (χ0) is 12.8. The molecule has 18 heavy (non-hydrogen) atoms. The first kappa shape index (κ1) is 14.3. The molecule has 0 saturated carbocycles. The van der Waals surface area contributed by atoms with Crippen molar-refractivity contribution in [1.29, 1.82) is 0 Å². The third-order valence-electron chi connectivity index (χ3n) is 4.77. The highest BCUT2D eigenvalue weighted by Gasteiger charge is 2.25. The summed E-state index contributed by atoms with van der Waals surface area (Å²) in [4.78, 5) is 5.32. The van der Waals surface area contributed by atoms with E-state index in [1.165, 1.54) is 71.2 Å². The van der Waals surface area contributed by atoms with E-state index in [0.29, 0.717) is 6.04 Å². The maximum Gasteiger partial charge on any atom is 0.0218 e. The molecular formula is C15H31N3. The molecule has 0 spiro atoms. The molecule has 0 aliphatic carbocycles. The molecule has 2 aliphatic heterocycles. The van der Waals surface area contributed by atoms with Crippen LogP contribution in [-0.4, -0.2) is 55.1 Å². The lowest BCUT2D eigenvalue weighted by atomic mass is 9.94. The summed E-state index contributed by atoms with van der Waals surface area (Å²) in [5.41, 5.74) is 5.91. The largest absolute Gasteiger partial charge is 0.329 e. The predicted octanol–water partition coefficient (Wildman–Crippen LogP) is 1.92. The lowest BCUT2D eigenvalue weighted by molar-refractivity contribution is 0.113. The van der Waals surface area contributed by atoms with Gasteiger partial charge in [-0.15, -0.1) is 0 Å². The lowest BCUT2D eigenvalue weighted by Gasteiger charge is -2.38. The first-order chi connectivity index (χ1) is 8.83. The van der Waals surface area contributed by atoms with E-state index >= 15 is 0 Å². The van der Waals surface area contributed by atoms with Gasteiger partial charge >= 0.3 is 0 Å². The third-order valence-corrected chi connectivity index (χ3v) is 4.77. The normalized spacial score (nSPS) is 25.7. The van der Waals surface area contributed by atoms with Crippen molar-refractivity contribution in [2.24, 2.45) is 11.7 Å². The molecule has 3 nitrogen and oxygen atoms in total. The summed E-state index contributed by atoms with van der Waals surface area (Å²) >= 11 is 0. The fraction of sp³-hybridized carbons (Fsp3) is 1.00. The van der Waals surface area contributed by atoms with Crippen molar-refractivity contribution >= 4 is 0 Å². The average molecular weight is 253 g/mol. The van der Waals surface area contributed by atoms with Crippen molar-refractivity contribution in [3.63, 3.8) is 0 Å². The second-order valence-corrected chi connectivity index (χ2v) is 6.17. The Bertz CT molecular complexity index is 218. The molecule has 2 heterocycles. The van der Waals surface area contributed by atoms with E-state index in [0.717, 1.165) is 12.5 Å². The molecular weight excluding hydrogens is 222 g/mol. The SMILES string of the molecule is CCCC(CN)N1CCC(CN2CCCC2)CC1. The van der Waals surface area contributed by atoms with Gasteiger partial charge in [0.05, 0.1) is 0 Å². The predicted molar refractivity (Wildman–Crippen MR) is 77.7 cm³/mol. The van der Waals surface area contributed by atoms with Crippen LogP contribution in [0.1, 0.15) is 45.4 Å². The second kappa shape index (κ2) is 7.46. The second-order valence-electron chi connectivity index (χ2n) is 6.17. The molecule has 2 rings (SSSR count). The van der Waals surface area contributed by atoms with Gasteiger partial charge in [0.2, 0.25) is 0 Å². The Morgan fingerprint density at radius 1 is 1.11 bits per heavy atom. The molecule has 3 heteroatoms. The Labute approximate surface area is 113 Å². The molecule has 0 amide bonds. The summed E-state index contributed by atoms with van der Waals surface area (Å²) in [6.45, 7) is 9.71. The topological polar surface area (TPSA) is 32.5 Å². The van der Waals surface area contributed by atoms with Crippen molar-refractivity contribution < 1.29 is 0 Å². The van der Waals surface area contributed by atoms with E-state index in [1.807, 2.05) is 0 Å². The highest BCUT2D eigenvalue weighted by atomic mass is 15.2. The molecule has 1 atom stereocenters. The van der Waals surface area contributed by atoms with Gasteiger partial charge in [0.1, 0.15) is 0 Å². The Balaban J connectivity index is 1.69. The zero-order valence-corrected chi connectivity index (χ0v) is 12.1. The van der Waals surface area contributed by atoms with Gasteiger partial charge < -0.3 is 10.6 Å². The summed E-state index contributed by atoms with van der Waals surface area (Å²) in [6, 6.07) is 0.641. The van der Waals surface area contributed by atoms with Gasteiger partial charge in [-0.25, -0.2) is 0 Å². The molecule has 0 aromatic carbocycles. The van der Waals surface area contributed by atoms with Crippen molar-refractivity contribution in [3.05, 3.63) is 0 Å². The number of nitrogens with zero attached hydrogens (tertiary/aromatic N) is 2. The first-order valence-corrected chi connectivity index (χ1v) is 8.00. The van der Waals surface area contributed by atoms with E-state index in [1.54, 1.807) is 0 Å². The zero-order valence-electron chi connectivity index (χ0n) is 12.1. The van der Waals surface area contributed by atoms with Crippen LogP contribution >= 0.6 is 0 Å². The van der Waals surface area contributed by atoms with Crippen LogP contribution in [0.4, 0.5) is 0 Å². The summed E-state index contributed by atoms with van der Waals surface area (Å²) in [7, 11) is 0. The lowest BCUT2D eigenvalue weighted by Crippen LogP contribution is -2.46. The van der Waals surface area contributed by atoms with Crippen LogP contribution in [0, 0.1) is 5.92 Å². The van der Waals surface area contributed by atoms with Gasteiger partial charge in [-0.05, 0) is 64.2 Å². The van der Waals surface area contributed by atoms with Gasteiger partial charge in [-0.1, -0.05) is 13.3 Å². The van der Waals surface area contributed by atoms with Crippen molar-refractivity contribution in [3.8, 4) is 0 Å². The average Bonchev–Trinajstić information content (AvgIpc) is 2.90. The van der Waals surface area contributed by atoms with Crippen molar-refractivity contribution in [2.45, 2.75) is 51.5 Å². The molecule has 0 aromatic heterocycles. The minimum atomic E-state index is 0.641. The summed E-state index contributed by atoms with van der Waals surface area (Å²) in [6.07, 6.45) is 8.14. The van der Waals surface area contributed by atoms with E-state index in [-0.39, 0.29) is 0 Å². The van der Waals surface area contributed by atoms with Crippen LogP contribution in [0.25, 0.3) is 0 Å². The molecule has 0 radical (unpaired) electrons. The van der Waals surface area contributed by atoms with E-state index in [4.69, 9.17) is 5.73 Å². The van der Waals surface area contributed by atoms with Gasteiger partial charge in [0.25, 0.3) is 0 Å². The summed E-state index contributed by atoms with van der Waals surface area (Å²) in [5, 5.41) is 0. The fourth-order valence-corrected chi connectivity index (χ4v) is 3.61. The minimum Gasteiger partial charge on any atom is -0.329 e. The van der Waals surface area contributed by atoms with Gasteiger partial charge in [0.15, 0.2) is 0 Å². The third kappa shape index (κ3) is 3.94. The molecule has 0 aromatic rings. The Morgan fingerprint density at radius 3 is 2.33 bits per heavy atom. The molecule has 2 N–H and O–H groups in total. The summed E-state index contributed by atoms with van der Waals surface area (Å²) in [5.74, 6) is 0.944. The highest BCUT2D eigenvalue weighted by molar-refractivity contribution is 4.81. The van der Waals surface area contributed by atoms with Crippen LogP contribution in [0.15, 0.2) is 0 Å². The van der Waals surface area contributed by atoms with Gasteiger partial charge in [0, 0.05) is 19.1 Å². The highest BCUT2D eigenvalue weighted by Crippen LogP contribution is 2.22. The molecule has 2 aliphatic rings. The Morgan fingerprint density at radius 2 is 1.78 bits per heavy atom. The number of nitrogens with two attached hydrogens (primary N) is 1. The quantitative estimate of drug-likeness (QED) is 0.785. The van der Waals surface area contributed by atoms with Crippen molar-refractivity contribution in [1.82, 2.24) is 9.80 Å². The number of hydrogen-bond acceptors (Lipinski definition) is 3. The monoisotopic (exact) mass is 253 g/mol. The standard InChI is InChI=1S/C15H31N3/c1-2-5-15(12-16)18-10-6-14(7-11-18)13-17-8-3-4-9-17/h14-15H,2-13,16H2,1H3. The number of piperidine rings is 1. The van der Waals surface area contributed by atoms with E-state index in [2.05, 4.69) is 16.7 Å². The van der Waals surface area contributed by atoms with Crippen LogP contribution in [0.2, 0.25) is 0 Å². The van der Waals surface area contributed by atoms with Crippen molar-refractivity contribution in [2.75, 3.05) is 39.3 Å². The summed E-state index contributed by atoms with van der Waals surface area (Å²) < 4.78 is 0. The first-order valence-electron chi connectivity index (χ1n) is 8.00. The molecule has 2 saturated heterocycles. The molecule has 2 fully saturated rings. The van der Waals surface area contributed by atoms with E-state index in [9.17, 15) is 0 Å². The van der Waals surface area contributed by atoms with Crippen LogP contribution < -0.4 is 5.73 Å². The Hall–Kier alpha value is -0.120. The maximum atomic E-state index is 5.91. The van der Waals surface area contributed by atoms with E-state index < -0.39 is 0 Å². The maximum absolute atomic E-state index is 5.91. The Kier molecular flexibility index (Phi) is 5.93. The fourth-order valence-electron chi connectivity index (χ4n) is 3.61.